The van der Waals surface area contributed by atoms with Gasteiger partial charge in [0.1, 0.15) is 11.5 Å². The van der Waals surface area contributed by atoms with Crippen LogP contribution in [0.4, 0.5) is 5.69 Å². The lowest BCUT2D eigenvalue weighted by atomic mass is 10.1. The van der Waals surface area contributed by atoms with Crippen molar-refractivity contribution in [1.82, 2.24) is 10.6 Å². The second-order valence-electron chi connectivity index (χ2n) is 6.02. The summed E-state index contributed by atoms with van der Waals surface area (Å²) in [4.78, 5) is 26.3. The average Bonchev–Trinajstić information content (AvgIpc) is 3.02. The SMILES string of the molecule is CCCNCCNC(=O)C1CC(=O)N(c2cc(OC)cc(OC)c2)C1. The van der Waals surface area contributed by atoms with E-state index >= 15 is 0 Å². The van der Waals surface area contributed by atoms with Gasteiger partial charge in [0.05, 0.1) is 25.8 Å². The van der Waals surface area contributed by atoms with Crippen LogP contribution in [0.25, 0.3) is 0 Å². The van der Waals surface area contributed by atoms with Gasteiger partial charge in [-0.3, -0.25) is 9.59 Å². The fourth-order valence-electron chi connectivity index (χ4n) is 2.80. The normalized spacial score (nSPS) is 16.8. The first-order chi connectivity index (χ1) is 12.1. The summed E-state index contributed by atoms with van der Waals surface area (Å²) in [6, 6.07) is 5.29. The summed E-state index contributed by atoms with van der Waals surface area (Å²) in [5, 5.41) is 6.12. The van der Waals surface area contributed by atoms with Crippen LogP contribution in [0.5, 0.6) is 11.5 Å². The Bertz CT molecular complexity index is 584. The Kier molecular flexibility index (Phi) is 7.06. The lowest BCUT2D eigenvalue weighted by Gasteiger charge is -2.18. The molecule has 0 aliphatic carbocycles. The summed E-state index contributed by atoms with van der Waals surface area (Å²) >= 11 is 0. The fraction of sp³-hybridized carbons (Fsp3) is 0.556. The molecule has 1 unspecified atom stereocenters. The van der Waals surface area contributed by atoms with E-state index in [-0.39, 0.29) is 24.2 Å². The third-order valence-corrected chi connectivity index (χ3v) is 4.17. The van der Waals surface area contributed by atoms with E-state index in [1.165, 1.54) is 0 Å². The largest absolute Gasteiger partial charge is 0.497 e. The van der Waals surface area contributed by atoms with Gasteiger partial charge >= 0.3 is 0 Å². The molecule has 1 aromatic rings. The Hall–Kier alpha value is -2.28. The van der Waals surface area contributed by atoms with E-state index in [1.54, 1.807) is 37.3 Å². The molecule has 1 aliphatic heterocycles. The van der Waals surface area contributed by atoms with Gasteiger partial charge in [-0.05, 0) is 13.0 Å². The van der Waals surface area contributed by atoms with Crippen LogP contribution < -0.4 is 25.0 Å². The van der Waals surface area contributed by atoms with Crippen molar-refractivity contribution in [3.63, 3.8) is 0 Å². The van der Waals surface area contributed by atoms with Gasteiger partial charge in [-0.25, -0.2) is 0 Å². The van der Waals surface area contributed by atoms with Crippen molar-refractivity contribution >= 4 is 17.5 Å². The van der Waals surface area contributed by atoms with Crippen molar-refractivity contribution in [2.24, 2.45) is 5.92 Å². The molecular formula is C18H27N3O4. The number of nitrogens with one attached hydrogen (secondary N) is 2. The van der Waals surface area contributed by atoms with Gasteiger partial charge in [-0.1, -0.05) is 6.92 Å². The molecule has 2 amide bonds. The maximum Gasteiger partial charge on any atom is 0.227 e. The van der Waals surface area contributed by atoms with E-state index in [2.05, 4.69) is 17.6 Å². The molecule has 1 heterocycles. The molecule has 1 atom stereocenters. The molecule has 0 bridgehead atoms. The molecule has 0 saturated carbocycles. The van der Waals surface area contributed by atoms with Gasteiger partial charge in [0.25, 0.3) is 0 Å². The van der Waals surface area contributed by atoms with Crippen LogP contribution in [-0.4, -0.2) is 52.2 Å². The third-order valence-electron chi connectivity index (χ3n) is 4.17. The molecule has 1 aromatic carbocycles. The highest BCUT2D eigenvalue weighted by molar-refractivity contribution is 6.00. The molecule has 7 heteroatoms. The van der Waals surface area contributed by atoms with E-state index in [0.717, 1.165) is 19.5 Å². The Morgan fingerprint density at radius 1 is 1.16 bits per heavy atom. The first-order valence-electron chi connectivity index (χ1n) is 8.60. The van der Waals surface area contributed by atoms with Gasteiger partial charge in [0, 0.05) is 44.3 Å². The monoisotopic (exact) mass is 349 g/mol. The maximum absolute atomic E-state index is 12.4. The Morgan fingerprint density at radius 2 is 1.84 bits per heavy atom. The molecular weight excluding hydrogens is 322 g/mol. The van der Waals surface area contributed by atoms with Gasteiger partial charge in [-0.2, -0.15) is 0 Å². The van der Waals surface area contributed by atoms with E-state index in [1.807, 2.05) is 0 Å². The number of hydrogen-bond acceptors (Lipinski definition) is 5. The smallest absolute Gasteiger partial charge is 0.227 e. The van der Waals surface area contributed by atoms with Crippen LogP contribution in [0.15, 0.2) is 18.2 Å². The summed E-state index contributed by atoms with van der Waals surface area (Å²) in [5.74, 6) is 0.730. The van der Waals surface area contributed by atoms with Crippen molar-refractivity contribution < 1.29 is 19.1 Å². The number of anilines is 1. The number of nitrogens with zero attached hydrogens (tertiary/aromatic N) is 1. The topological polar surface area (TPSA) is 79.9 Å². The van der Waals surface area contributed by atoms with Crippen molar-refractivity contribution in [2.45, 2.75) is 19.8 Å². The molecule has 25 heavy (non-hydrogen) atoms. The summed E-state index contributed by atoms with van der Waals surface area (Å²) in [6.45, 7) is 4.69. The quantitative estimate of drug-likeness (QED) is 0.654. The van der Waals surface area contributed by atoms with Gasteiger partial charge < -0.3 is 25.0 Å². The minimum absolute atomic E-state index is 0.0698. The average molecular weight is 349 g/mol. The van der Waals surface area contributed by atoms with E-state index in [9.17, 15) is 9.59 Å². The number of benzene rings is 1. The van der Waals surface area contributed by atoms with Crippen LogP contribution in [0.3, 0.4) is 0 Å². The first-order valence-corrected chi connectivity index (χ1v) is 8.60. The predicted octanol–water partition coefficient (Wildman–Crippen LogP) is 1.17. The molecule has 0 aromatic heterocycles. The standard InChI is InChI=1S/C18H27N3O4/c1-4-5-19-6-7-20-18(23)13-8-17(22)21(12-13)14-9-15(24-2)11-16(10-14)25-3/h9-11,13,19H,4-8,12H2,1-3H3,(H,20,23). The minimum Gasteiger partial charge on any atom is -0.497 e. The number of methoxy groups -OCH3 is 2. The maximum atomic E-state index is 12.4. The van der Waals surface area contributed by atoms with Crippen molar-refractivity contribution in [3.8, 4) is 11.5 Å². The minimum atomic E-state index is -0.337. The number of hydrogen-bond donors (Lipinski definition) is 2. The van der Waals surface area contributed by atoms with Crippen LogP contribution in [-0.2, 0) is 9.59 Å². The zero-order chi connectivity index (χ0) is 18.2. The highest BCUT2D eigenvalue weighted by atomic mass is 16.5. The summed E-state index contributed by atoms with van der Waals surface area (Å²) in [5.41, 5.74) is 0.682. The number of carbonyl (C=O) groups excluding carboxylic acids is 2. The first kappa shape index (κ1) is 19.1. The molecule has 7 nitrogen and oxygen atoms in total. The van der Waals surface area contributed by atoms with Gasteiger partial charge in [-0.15, -0.1) is 0 Å². The summed E-state index contributed by atoms with van der Waals surface area (Å²) in [6.07, 6.45) is 1.28. The van der Waals surface area contributed by atoms with Gasteiger partial charge in [0.2, 0.25) is 11.8 Å². The summed E-state index contributed by atoms with van der Waals surface area (Å²) < 4.78 is 10.5. The lowest BCUT2D eigenvalue weighted by molar-refractivity contribution is -0.126. The fourth-order valence-corrected chi connectivity index (χ4v) is 2.80. The highest BCUT2D eigenvalue weighted by Crippen LogP contribution is 2.32. The Morgan fingerprint density at radius 3 is 2.44 bits per heavy atom. The molecule has 0 spiro atoms. The molecule has 1 saturated heterocycles. The van der Waals surface area contributed by atoms with Crippen molar-refractivity contribution in [3.05, 3.63) is 18.2 Å². The summed E-state index contributed by atoms with van der Waals surface area (Å²) in [7, 11) is 3.13. The number of carbonyl (C=O) groups is 2. The van der Waals surface area contributed by atoms with Crippen LogP contribution in [0.2, 0.25) is 0 Å². The number of ether oxygens (including phenoxy) is 2. The molecule has 1 aliphatic rings. The lowest BCUT2D eigenvalue weighted by Crippen LogP contribution is -2.37. The van der Waals surface area contributed by atoms with Gasteiger partial charge in [0.15, 0.2) is 0 Å². The highest BCUT2D eigenvalue weighted by Gasteiger charge is 2.35. The molecule has 2 N–H and O–H groups in total. The Labute approximate surface area is 148 Å². The predicted molar refractivity (Wildman–Crippen MR) is 96.2 cm³/mol. The molecule has 1 fully saturated rings. The van der Waals surface area contributed by atoms with E-state index < -0.39 is 0 Å². The zero-order valence-electron chi connectivity index (χ0n) is 15.1. The van der Waals surface area contributed by atoms with Crippen LogP contribution in [0.1, 0.15) is 19.8 Å². The Balaban J connectivity index is 1.96. The second-order valence-corrected chi connectivity index (χ2v) is 6.02. The third kappa shape index (κ3) is 5.09. The van der Waals surface area contributed by atoms with Crippen molar-refractivity contribution in [1.29, 1.82) is 0 Å². The zero-order valence-corrected chi connectivity index (χ0v) is 15.1. The molecule has 2 rings (SSSR count). The van der Waals surface area contributed by atoms with E-state index in [0.29, 0.717) is 30.3 Å². The van der Waals surface area contributed by atoms with Crippen molar-refractivity contribution in [2.75, 3.05) is 45.3 Å². The van der Waals surface area contributed by atoms with E-state index in [4.69, 9.17) is 9.47 Å². The van der Waals surface area contributed by atoms with Crippen LogP contribution >= 0.6 is 0 Å². The molecule has 138 valence electrons. The molecule has 0 radical (unpaired) electrons. The number of rotatable bonds is 9. The second kappa shape index (κ2) is 9.27. The van der Waals surface area contributed by atoms with Crippen LogP contribution in [0, 0.1) is 5.92 Å². The number of amides is 2.